The Balaban J connectivity index is 4.42. The smallest absolute Gasteiger partial charge is 0.306 e. The predicted octanol–water partition coefficient (Wildman–Crippen LogP) is 23.7. The number of esters is 3. The molecule has 0 N–H and O–H groups in total. The van der Waals surface area contributed by atoms with E-state index in [1.807, 2.05) is 0 Å². The van der Waals surface area contributed by atoms with Crippen LogP contribution in [0.15, 0.2) is 134 Å². The van der Waals surface area contributed by atoms with Crippen molar-refractivity contribution in [2.45, 2.75) is 316 Å². The molecule has 0 aromatic rings. The van der Waals surface area contributed by atoms with Crippen molar-refractivity contribution in [2.24, 2.45) is 0 Å². The summed E-state index contributed by atoms with van der Waals surface area (Å²) in [6.45, 7) is 6.49. The maximum atomic E-state index is 12.9. The zero-order valence-electron chi connectivity index (χ0n) is 53.5. The molecular formula is C76H126O6. The lowest BCUT2D eigenvalue weighted by molar-refractivity contribution is -0.167. The van der Waals surface area contributed by atoms with E-state index in [-0.39, 0.29) is 31.1 Å². The van der Waals surface area contributed by atoms with Gasteiger partial charge in [0.1, 0.15) is 13.2 Å². The summed E-state index contributed by atoms with van der Waals surface area (Å²) < 4.78 is 16.9. The SMILES string of the molecule is CC/C=C\C/C=C\C/C=C\C/C=C\C/C=C\C/C=C\C/C=C\C/C=C\C/C=C\CCCCCC(=O)OCC(COC(=O)CCCCCCC/C=C\C/C=C\CCCCCC)OC(=O)CCCCCCCCCCCCCCCCCCC. The van der Waals surface area contributed by atoms with Crippen LogP contribution in [0.3, 0.4) is 0 Å². The van der Waals surface area contributed by atoms with Gasteiger partial charge in [-0.15, -0.1) is 0 Å². The Kier molecular flexibility index (Phi) is 65.3. The molecule has 0 saturated carbocycles. The van der Waals surface area contributed by atoms with Crippen molar-refractivity contribution in [3.63, 3.8) is 0 Å². The van der Waals surface area contributed by atoms with Crippen LogP contribution in [-0.2, 0) is 28.6 Å². The quantitative estimate of drug-likeness (QED) is 0.0261. The molecule has 0 saturated heterocycles. The molecule has 0 radical (unpaired) electrons. The molecule has 1 atom stereocenters. The van der Waals surface area contributed by atoms with Crippen LogP contribution >= 0.6 is 0 Å². The Morgan fingerprint density at radius 2 is 0.476 bits per heavy atom. The molecular weight excluding hydrogens is 1010 g/mol. The highest BCUT2D eigenvalue weighted by Crippen LogP contribution is 2.16. The van der Waals surface area contributed by atoms with Crippen LogP contribution < -0.4 is 0 Å². The van der Waals surface area contributed by atoms with Gasteiger partial charge in [-0.2, -0.15) is 0 Å². The van der Waals surface area contributed by atoms with Gasteiger partial charge in [-0.1, -0.05) is 302 Å². The van der Waals surface area contributed by atoms with E-state index in [9.17, 15) is 14.4 Å². The Morgan fingerprint density at radius 3 is 0.768 bits per heavy atom. The van der Waals surface area contributed by atoms with Crippen LogP contribution in [0.2, 0.25) is 0 Å². The van der Waals surface area contributed by atoms with Gasteiger partial charge in [0, 0.05) is 19.3 Å². The molecule has 0 spiro atoms. The third-order valence-electron chi connectivity index (χ3n) is 14.4. The largest absolute Gasteiger partial charge is 0.462 e. The first kappa shape index (κ1) is 77.5. The maximum absolute atomic E-state index is 12.9. The molecule has 0 aliphatic carbocycles. The van der Waals surface area contributed by atoms with Crippen molar-refractivity contribution in [1.82, 2.24) is 0 Å². The van der Waals surface area contributed by atoms with Crippen molar-refractivity contribution < 1.29 is 28.6 Å². The van der Waals surface area contributed by atoms with Gasteiger partial charge in [-0.05, 0) is 122 Å². The van der Waals surface area contributed by atoms with Crippen molar-refractivity contribution in [3.05, 3.63) is 134 Å². The first-order chi connectivity index (χ1) is 40.5. The number of unbranched alkanes of at least 4 members (excludes halogenated alkanes) is 28. The highest BCUT2D eigenvalue weighted by Gasteiger charge is 2.19. The zero-order chi connectivity index (χ0) is 59.2. The van der Waals surface area contributed by atoms with Crippen LogP contribution in [0.4, 0.5) is 0 Å². The van der Waals surface area contributed by atoms with Gasteiger partial charge < -0.3 is 14.2 Å². The summed E-state index contributed by atoms with van der Waals surface area (Å²) in [4.78, 5) is 38.4. The van der Waals surface area contributed by atoms with Gasteiger partial charge in [-0.25, -0.2) is 0 Å². The molecule has 0 amide bonds. The number of carbonyl (C=O) groups excluding carboxylic acids is 3. The molecule has 0 fully saturated rings. The standard InChI is InChI=1S/C76H126O6/c1-4-7-10-13-16-19-22-25-28-31-32-33-34-35-36-37-38-39-40-41-42-43-44-46-48-51-54-57-60-63-66-69-75(78)81-72-73(71-80-74(77)68-65-62-59-56-53-50-47-30-27-24-21-18-15-12-9-6-3)82-76(79)70-67-64-61-58-55-52-49-45-29-26-23-20-17-14-11-8-5-2/h7,10,16,19,21,24-25,28,30,32-33,35-36,38-39,41-42,44,46-47,51,54,73H,4-6,8-9,11-15,17-18,20,22-23,26-27,29,31,34,37,40,43,45,48-50,52-53,55-72H2,1-3H3/b10-7-,19-16-,24-21-,28-25-,33-32-,36-35-,39-38-,42-41-,46-44-,47-30-,54-51-. The van der Waals surface area contributed by atoms with E-state index in [0.717, 1.165) is 148 Å². The van der Waals surface area contributed by atoms with Crippen molar-refractivity contribution in [3.8, 4) is 0 Å². The maximum Gasteiger partial charge on any atom is 0.306 e. The minimum atomic E-state index is -0.802. The van der Waals surface area contributed by atoms with Crippen LogP contribution in [0.1, 0.15) is 310 Å². The van der Waals surface area contributed by atoms with Crippen LogP contribution in [0.5, 0.6) is 0 Å². The van der Waals surface area contributed by atoms with Gasteiger partial charge >= 0.3 is 17.9 Å². The van der Waals surface area contributed by atoms with Gasteiger partial charge in [-0.3, -0.25) is 14.4 Å². The Labute approximate surface area is 506 Å². The van der Waals surface area contributed by atoms with Gasteiger partial charge in [0.25, 0.3) is 0 Å². The monoisotopic (exact) mass is 1130 g/mol. The summed E-state index contributed by atoms with van der Waals surface area (Å²) in [7, 11) is 0. The number of rotatable bonds is 61. The van der Waals surface area contributed by atoms with E-state index >= 15 is 0 Å². The van der Waals surface area contributed by atoms with Crippen LogP contribution in [0.25, 0.3) is 0 Å². The molecule has 0 aromatic carbocycles. The average molecular weight is 1140 g/mol. The van der Waals surface area contributed by atoms with Crippen LogP contribution in [0, 0.1) is 0 Å². The molecule has 0 aliphatic rings. The number of carbonyl (C=O) groups is 3. The first-order valence-corrected chi connectivity index (χ1v) is 34.2. The third-order valence-corrected chi connectivity index (χ3v) is 14.4. The highest BCUT2D eigenvalue weighted by atomic mass is 16.6. The normalized spacial score (nSPS) is 13.0. The molecule has 0 heterocycles. The molecule has 0 aliphatic heterocycles. The Hall–Kier alpha value is -4.45. The van der Waals surface area contributed by atoms with Crippen molar-refractivity contribution in [2.75, 3.05) is 13.2 Å². The second-order valence-corrected chi connectivity index (χ2v) is 22.4. The third kappa shape index (κ3) is 66.4. The summed E-state index contributed by atoms with van der Waals surface area (Å²) in [5, 5.41) is 0. The second kappa shape index (κ2) is 69.0. The number of hydrogen-bond donors (Lipinski definition) is 0. The molecule has 1 unspecified atom stereocenters. The van der Waals surface area contributed by atoms with Gasteiger partial charge in [0.2, 0.25) is 0 Å². The minimum absolute atomic E-state index is 0.0967. The predicted molar refractivity (Wildman–Crippen MR) is 357 cm³/mol. The number of ether oxygens (including phenoxy) is 3. The molecule has 6 nitrogen and oxygen atoms in total. The second-order valence-electron chi connectivity index (χ2n) is 22.4. The molecule has 0 bridgehead atoms. The van der Waals surface area contributed by atoms with Crippen molar-refractivity contribution >= 4 is 17.9 Å². The summed E-state index contributed by atoms with van der Waals surface area (Å²) in [6, 6.07) is 0. The summed E-state index contributed by atoms with van der Waals surface area (Å²) in [6.07, 6.45) is 97.5. The molecule has 6 heteroatoms. The first-order valence-electron chi connectivity index (χ1n) is 34.2. The number of hydrogen-bond acceptors (Lipinski definition) is 6. The molecule has 0 rings (SSSR count). The van der Waals surface area contributed by atoms with Crippen LogP contribution in [-0.4, -0.2) is 37.2 Å². The fraction of sp³-hybridized carbons (Fsp3) is 0.671. The van der Waals surface area contributed by atoms with E-state index in [0.29, 0.717) is 19.3 Å². The lowest BCUT2D eigenvalue weighted by Crippen LogP contribution is -2.30. The lowest BCUT2D eigenvalue weighted by atomic mass is 10.0. The van der Waals surface area contributed by atoms with Gasteiger partial charge in [0.15, 0.2) is 6.10 Å². The molecule has 466 valence electrons. The lowest BCUT2D eigenvalue weighted by Gasteiger charge is -2.18. The summed E-state index contributed by atoms with van der Waals surface area (Å²) >= 11 is 0. The topological polar surface area (TPSA) is 78.9 Å². The van der Waals surface area contributed by atoms with Gasteiger partial charge in [0.05, 0.1) is 0 Å². The Morgan fingerprint density at radius 1 is 0.256 bits per heavy atom. The number of allylic oxidation sites excluding steroid dienone is 22. The Bertz CT molecular complexity index is 1730. The average Bonchev–Trinajstić information content (AvgIpc) is 3.48. The van der Waals surface area contributed by atoms with E-state index in [1.165, 1.54) is 122 Å². The zero-order valence-corrected chi connectivity index (χ0v) is 53.5. The van der Waals surface area contributed by atoms with Crippen molar-refractivity contribution in [1.29, 1.82) is 0 Å². The fourth-order valence-corrected chi connectivity index (χ4v) is 9.29. The van der Waals surface area contributed by atoms with E-state index in [2.05, 4.69) is 154 Å². The summed E-state index contributed by atoms with van der Waals surface area (Å²) in [5.41, 5.74) is 0. The molecule has 0 aromatic heterocycles. The molecule has 82 heavy (non-hydrogen) atoms. The highest BCUT2D eigenvalue weighted by molar-refractivity contribution is 5.71. The minimum Gasteiger partial charge on any atom is -0.462 e. The fourth-order valence-electron chi connectivity index (χ4n) is 9.29. The van der Waals surface area contributed by atoms with E-state index < -0.39 is 6.10 Å². The summed E-state index contributed by atoms with van der Waals surface area (Å²) in [5.74, 6) is -0.934. The van der Waals surface area contributed by atoms with E-state index in [4.69, 9.17) is 14.2 Å². The van der Waals surface area contributed by atoms with E-state index in [1.54, 1.807) is 0 Å².